The third-order valence-corrected chi connectivity index (χ3v) is 5.05. The number of benzene rings is 2. The quantitative estimate of drug-likeness (QED) is 0.799. The molecule has 2 aromatic rings. The Labute approximate surface area is 162 Å². The van der Waals surface area contributed by atoms with E-state index in [1.165, 1.54) is 12.1 Å². The largest absolute Gasteiger partial charge is 0.497 e. The number of hydrogen-bond acceptors (Lipinski definition) is 4. The summed E-state index contributed by atoms with van der Waals surface area (Å²) in [5.41, 5.74) is 1.86. The number of rotatable bonds is 6. The zero-order chi connectivity index (χ0) is 20.3. The number of likely N-dealkylation sites (tertiary alicyclic amines) is 1. The molecule has 7 nitrogen and oxygen atoms in total. The van der Waals surface area contributed by atoms with Crippen LogP contribution < -0.4 is 10.1 Å². The third kappa shape index (κ3) is 3.98. The number of amides is 2. The Morgan fingerprint density at radius 3 is 2.36 bits per heavy atom. The first-order chi connectivity index (χ1) is 13.4. The summed E-state index contributed by atoms with van der Waals surface area (Å²) in [4.78, 5) is 37.5. The van der Waals surface area contributed by atoms with Crippen LogP contribution in [-0.4, -0.2) is 41.9 Å². The van der Waals surface area contributed by atoms with Gasteiger partial charge in [-0.2, -0.15) is 0 Å². The molecule has 0 saturated carbocycles. The number of carbonyl (C=O) groups is 3. The first-order valence-corrected chi connectivity index (χ1v) is 8.90. The Kier molecular flexibility index (Phi) is 5.63. The molecule has 1 saturated heterocycles. The summed E-state index contributed by atoms with van der Waals surface area (Å²) in [6.45, 7) is 0.266. The minimum Gasteiger partial charge on any atom is -0.497 e. The summed E-state index contributed by atoms with van der Waals surface area (Å²) in [5.74, 6) is -1.07. The lowest BCUT2D eigenvalue weighted by Gasteiger charge is -2.25. The molecule has 1 heterocycles. The van der Waals surface area contributed by atoms with E-state index in [1.54, 1.807) is 31.2 Å². The molecule has 7 heteroatoms. The Morgan fingerprint density at radius 1 is 1.14 bits per heavy atom. The predicted octanol–water partition coefficient (Wildman–Crippen LogP) is 2.23. The number of nitrogens with one attached hydrogen (secondary N) is 1. The van der Waals surface area contributed by atoms with Gasteiger partial charge in [0.15, 0.2) is 0 Å². The highest BCUT2D eigenvalue weighted by molar-refractivity contribution is 5.90. The first kappa shape index (κ1) is 19.4. The molecule has 146 valence electrons. The molecule has 0 spiro atoms. The van der Waals surface area contributed by atoms with Gasteiger partial charge in [0.05, 0.1) is 24.6 Å². The zero-order valence-corrected chi connectivity index (χ0v) is 15.7. The predicted molar refractivity (Wildman–Crippen MR) is 102 cm³/mol. The van der Waals surface area contributed by atoms with Crippen molar-refractivity contribution in [3.05, 3.63) is 65.2 Å². The lowest BCUT2D eigenvalue weighted by Crippen LogP contribution is -2.34. The lowest BCUT2D eigenvalue weighted by atomic mass is 9.92. The van der Waals surface area contributed by atoms with Gasteiger partial charge in [-0.1, -0.05) is 24.3 Å². The van der Waals surface area contributed by atoms with Crippen LogP contribution in [0.3, 0.4) is 0 Å². The number of carboxylic acid groups (broad SMARTS) is 1. The molecule has 2 N–H and O–H groups in total. The zero-order valence-electron chi connectivity index (χ0n) is 15.7. The highest BCUT2D eigenvalue weighted by Crippen LogP contribution is 2.37. The maximum absolute atomic E-state index is 12.8. The number of ether oxygens (including phenoxy) is 1. The molecule has 1 aliphatic heterocycles. The van der Waals surface area contributed by atoms with Crippen molar-refractivity contribution >= 4 is 17.8 Å². The number of aromatic carboxylic acids is 1. The molecular formula is C21H22N2O5. The average Bonchev–Trinajstić information content (AvgIpc) is 3.01. The van der Waals surface area contributed by atoms with Crippen molar-refractivity contribution in [2.45, 2.75) is 19.0 Å². The summed E-state index contributed by atoms with van der Waals surface area (Å²) in [6.07, 6.45) is 0.150. The van der Waals surface area contributed by atoms with Gasteiger partial charge in [0.25, 0.3) is 0 Å². The Hall–Kier alpha value is -3.35. The van der Waals surface area contributed by atoms with Gasteiger partial charge in [0, 0.05) is 20.0 Å². The fourth-order valence-electron chi connectivity index (χ4n) is 3.45. The Morgan fingerprint density at radius 2 is 1.79 bits per heavy atom. The maximum atomic E-state index is 12.8. The van der Waals surface area contributed by atoms with Gasteiger partial charge in [0.1, 0.15) is 5.75 Å². The fraction of sp³-hybridized carbons (Fsp3) is 0.286. The van der Waals surface area contributed by atoms with E-state index in [0.29, 0.717) is 5.75 Å². The first-order valence-electron chi connectivity index (χ1n) is 8.90. The molecule has 0 radical (unpaired) electrons. The van der Waals surface area contributed by atoms with Gasteiger partial charge in [-0.05, 0) is 35.4 Å². The highest BCUT2D eigenvalue weighted by atomic mass is 16.5. The van der Waals surface area contributed by atoms with Gasteiger partial charge in [-0.15, -0.1) is 0 Å². The van der Waals surface area contributed by atoms with E-state index in [1.807, 2.05) is 24.3 Å². The van der Waals surface area contributed by atoms with E-state index in [0.717, 1.165) is 11.1 Å². The molecule has 1 aliphatic rings. The van der Waals surface area contributed by atoms with Crippen LogP contribution in [0.5, 0.6) is 5.75 Å². The summed E-state index contributed by atoms with van der Waals surface area (Å²) >= 11 is 0. The third-order valence-electron chi connectivity index (χ3n) is 5.05. The van der Waals surface area contributed by atoms with Gasteiger partial charge < -0.3 is 20.1 Å². The number of hydrogen-bond donors (Lipinski definition) is 2. The van der Waals surface area contributed by atoms with E-state index in [2.05, 4.69) is 5.32 Å². The van der Waals surface area contributed by atoms with E-state index in [9.17, 15) is 14.4 Å². The number of carbonyl (C=O) groups excluding carboxylic acids is 2. The van der Waals surface area contributed by atoms with Gasteiger partial charge >= 0.3 is 5.97 Å². The summed E-state index contributed by atoms with van der Waals surface area (Å²) in [6, 6.07) is 13.3. The maximum Gasteiger partial charge on any atom is 0.335 e. The molecule has 1 fully saturated rings. The van der Waals surface area contributed by atoms with E-state index < -0.39 is 11.9 Å². The van der Waals surface area contributed by atoms with Gasteiger partial charge in [0.2, 0.25) is 11.8 Å². The van der Waals surface area contributed by atoms with Gasteiger partial charge in [-0.25, -0.2) is 4.79 Å². The summed E-state index contributed by atoms with van der Waals surface area (Å²) in [5, 5.41) is 11.8. The molecule has 2 amide bonds. The van der Waals surface area contributed by atoms with Crippen LogP contribution >= 0.6 is 0 Å². The second kappa shape index (κ2) is 8.12. The highest BCUT2D eigenvalue weighted by Gasteiger charge is 2.42. The average molecular weight is 382 g/mol. The topological polar surface area (TPSA) is 95.9 Å². The fourth-order valence-corrected chi connectivity index (χ4v) is 3.45. The molecule has 28 heavy (non-hydrogen) atoms. The van der Waals surface area contributed by atoms with Crippen LogP contribution in [0.15, 0.2) is 48.5 Å². The molecular weight excluding hydrogens is 360 g/mol. The number of methoxy groups -OCH3 is 1. The van der Waals surface area contributed by atoms with Crippen molar-refractivity contribution in [1.82, 2.24) is 10.2 Å². The van der Waals surface area contributed by atoms with Crippen LogP contribution in [-0.2, 0) is 16.1 Å². The SMILES string of the molecule is COc1ccc([C@H]2[C@@H](C(=O)NCc3ccc(C(=O)O)cc3)CC(=O)N2C)cc1. The second-order valence-corrected chi connectivity index (χ2v) is 6.75. The Balaban J connectivity index is 1.71. The number of carboxylic acids is 1. The monoisotopic (exact) mass is 382 g/mol. The van der Waals surface area contributed by atoms with E-state index in [-0.39, 0.29) is 36.4 Å². The van der Waals surface area contributed by atoms with Crippen LogP contribution in [0, 0.1) is 5.92 Å². The lowest BCUT2D eigenvalue weighted by molar-refractivity contribution is -0.128. The molecule has 0 bridgehead atoms. The van der Waals surface area contributed by atoms with Crippen LogP contribution in [0.1, 0.15) is 33.9 Å². The Bertz CT molecular complexity index is 877. The molecule has 0 aliphatic carbocycles. The van der Waals surface area contributed by atoms with Crippen molar-refractivity contribution in [2.24, 2.45) is 5.92 Å². The standard InChI is InChI=1S/C21H22N2O5/c1-23-18(24)11-17(19(23)14-7-9-16(28-2)10-8-14)20(25)22-12-13-3-5-15(6-4-13)21(26)27/h3-10,17,19H,11-12H2,1-2H3,(H,22,25)(H,26,27)/t17-,19-/m0/s1. The smallest absolute Gasteiger partial charge is 0.335 e. The van der Waals surface area contributed by atoms with E-state index in [4.69, 9.17) is 9.84 Å². The molecule has 2 atom stereocenters. The summed E-state index contributed by atoms with van der Waals surface area (Å²) in [7, 11) is 3.29. The van der Waals surface area contributed by atoms with E-state index >= 15 is 0 Å². The summed E-state index contributed by atoms with van der Waals surface area (Å²) < 4.78 is 5.17. The molecule has 0 unspecified atom stereocenters. The van der Waals surface area contributed by atoms with Crippen LogP contribution in [0.25, 0.3) is 0 Å². The van der Waals surface area contributed by atoms with Crippen molar-refractivity contribution in [3.8, 4) is 5.75 Å². The number of nitrogens with zero attached hydrogens (tertiary/aromatic N) is 1. The molecule has 3 rings (SSSR count). The van der Waals surface area contributed by atoms with Crippen LogP contribution in [0.2, 0.25) is 0 Å². The van der Waals surface area contributed by atoms with Gasteiger partial charge in [-0.3, -0.25) is 9.59 Å². The van der Waals surface area contributed by atoms with Crippen LogP contribution in [0.4, 0.5) is 0 Å². The van der Waals surface area contributed by atoms with Crippen molar-refractivity contribution in [3.63, 3.8) is 0 Å². The minimum absolute atomic E-state index is 0.0771. The molecule has 0 aromatic heterocycles. The van der Waals surface area contributed by atoms with Crippen molar-refractivity contribution in [2.75, 3.05) is 14.2 Å². The van der Waals surface area contributed by atoms with Crippen molar-refractivity contribution in [1.29, 1.82) is 0 Å². The van der Waals surface area contributed by atoms with Crippen molar-refractivity contribution < 1.29 is 24.2 Å². The minimum atomic E-state index is -0.995. The molecule has 2 aromatic carbocycles. The normalized spacial score (nSPS) is 18.8. The second-order valence-electron chi connectivity index (χ2n) is 6.75.